The highest BCUT2D eigenvalue weighted by atomic mass is 16.6. The molecule has 1 unspecified atom stereocenters. The van der Waals surface area contributed by atoms with Crippen LogP contribution in [0.4, 0.5) is 0 Å². The summed E-state index contributed by atoms with van der Waals surface area (Å²) in [6, 6.07) is 0. The predicted octanol–water partition coefficient (Wildman–Crippen LogP) is -0.617. The van der Waals surface area contributed by atoms with Gasteiger partial charge in [0, 0.05) is 0 Å². The van der Waals surface area contributed by atoms with Gasteiger partial charge in [-0.2, -0.15) is 0 Å². The molecule has 1 saturated heterocycles. The SMILES string of the molecule is C#CC#C[C@@H]1OC1CO. The monoisotopic (exact) mass is 122 g/mol. The first kappa shape index (κ1) is 6.16. The van der Waals surface area contributed by atoms with Crippen molar-refractivity contribution < 1.29 is 9.84 Å². The zero-order chi connectivity index (χ0) is 6.69. The Bertz CT molecular complexity index is 191. The standard InChI is InChI=1S/C7H6O2/c1-2-3-4-6-7(5-8)9-6/h1,6-8H,5H2/t6-,7?/m0/s1. The van der Waals surface area contributed by atoms with Gasteiger partial charge in [0.05, 0.1) is 6.61 Å². The van der Waals surface area contributed by atoms with Gasteiger partial charge in [-0.05, 0) is 11.8 Å². The van der Waals surface area contributed by atoms with Crippen molar-refractivity contribution in [3.63, 3.8) is 0 Å². The van der Waals surface area contributed by atoms with Crippen LogP contribution < -0.4 is 0 Å². The molecule has 0 bridgehead atoms. The summed E-state index contributed by atoms with van der Waals surface area (Å²) in [5.74, 6) is 7.22. The molecule has 0 radical (unpaired) electrons. The number of aliphatic hydroxyl groups excluding tert-OH is 1. The van der Waals surface area contributed by atoms with Crippen LogP contribution in [0, 0.1) is 24.2 Å². The number of ether oxygens (including phenoxy) is 1. The lowest BCUT2D eigenvalue weighted by Crippen LogP contribution is -1.95. The van der Waals surface area contributed by atoms with Crippen molar-refractivity contribution >= 4 is 0 Å². The van der Waals surface area contributed by atoms with Crippen molar-refractivity contribution in [3.8, 4) is 24.2 Å². The summed E-state index contributed by atoms with van der Waals surface area (Å²) in [5, 5.41) is 8.43. The van der Waals surface area contributed by atoms with E-state index in [1.165, 1.54) is 0 Å². The molecule has 0 spiro atoms. The molecule has 9 heavy (non-hydrogen) atoms. The molecule has 0 aromatic carbocycles. The number of epoxide rings is 1. The number of terminal acetylenes is 1. The van der Waals surface area contributed by atoms with Crippen LogP contribution in [-0.2, 0) is 4.74 Å². The second-order valence-electron chi connectivity index (χ2n) is 1.69. The Kier molecular flexibility index (Phi) is 1.75. The predicted molar refractivity (Wildman–Crippen MR) is 32.4 cm³/mol. The molecule has 2 atom stereocenters. The second kappa shape index (κ2) is 2.55. The summed E-state index contributed by atoms with van der Waals surface area (Å²) in [7, 11) is 0. The van der Waals surface area contributed by atoms with Gasteiger partial charge in [0.2, 0.25) is 0 Å². The number of hydrogen-bond acceptors (Lipinski definition) is 2. The fourth-order valence-corrected chi connectivity index (χ4v) is 0.521. The average Bonchev–Trinajstić information content (AvgIpc) is 2.62. The van der Waals surface area contributed by atoms with Crippen molar-refractivity contribution in [2.45, 2.75) is 12.2 Å². The molecule has 1 fully saturated rings. The highest BCUT2D eigenvalue weighted by molar-refractivity contribution is 5.26. The molecule has 1 heterocycles. The van der Waals surface area contributed by atoms with Gasteiger partial charge >= 0.3 is 0 Å². The van der Waals surface area contributed by atoms with Crippen LogP contribution >= 0.6 is 0 Å². The Morgan fingerprint density at radius 1 is 1.67 bits per heavy atom. The molecule has 46 valence electrons. The van der Waals surface area contributed by atoms with Crippen LogP contribution in [-0.4, -0.2) is 23.9 Å². The number of rotatable bonds is 1. The van der Waals surface area contributed by atoms with Gasteiger partial charge in [0.25, 0.3) is 0 Å². The summed E-state index contributed by atoms with van der Waals surface area (Å²) < 4.78 is 4.85. The molecule has 1 aliphatic heterocycles. The van der Waals surface area contributed by atoms with Crippen LogP contribution in [0.15, 0.2) is 0 Å². The normalized spacial score (nSPS) is 29.8. The summed E-state index contributed by atoms with van der Waals surface area (Å²) in [6.45, 7) is 0.0317. The lowest BCUT2D eigenvalue weighted by molar-refractivity contribution is 0.243. The van der Waals surface area contributed by atoms with E-state index >= 15 is 0 Å². The van der Waals surface area contributed by atoms with E-state index in [2.05, 4.69) is 17.8 Å². The molecule has 2 heteroatoms. The van der Waals surface area contributed by atoms with Crippen molar-refractivity contribution in [1.82, 2.24) is 0 Å². The molecule has 1 aliphatic rings. The van der Waals surface area contributed by atoms with Gasteiger partial charge in [-0.1, -0.05) is 5.92 Å². The number of hydrogen-bond donors (Lipinski definition) is 1. The Morgan fingerprint density at radius 3 is 2.89 bits per heavy atom. The van der Waals surface area contributed by atoms with Crippen LogP contribution in [0.1, 0.15) is 0 Å². The van der Waals surface area contributed by atoms with E-state index < -0.39 is 0 Å². The van der Waals surface area contributed by atoms with E-state index in [1.807, 2.05) is 0 Å². The lowest BCUT2D eigenvalue weighted by atomic mass is 10.3. The molecule has 0 aliphatic carbocycles. The third-order valence-electron chi connectivity index (χ3n) is 1.05. The van der Waals surface area contributed by atoms with Crippen molar-refractivity contribution in [2.75, 3.05) is 6.61 Å². The maximum atomic E-state index is 8.43. The minimum absolute atomic E-state index is 0.0317. The van der Waals surface area contributed by atoms with Gasteiger partial charge in [0.1, 0.15) is 12.2 Å². The fraction of sp³-hybridized carbons (Fsp3) is 0.429. The molecule has 0 aromatic heterocycles. The molecule has 0 saturated carbocycles. The van der Waals surface area contributed by atoms with E-state index in [0.29, 0.717) is 0 Å². The van der Waals surface area contributed by atoms with Crippen molar-refractivity contribution in [1.29, 1.82) is 0 Å². The Hall–Kier alpha value is -0.960. The van der Waals surface area contributed by atoms with Gasteiger partial charge in [-0.15, -0.1) is 6.42 Å². The highest BCUT2D eigenvalue weighted by Gasteiger charge is 2.36. The maximum absolute atomic E-state index is 8.43. The first-order chi connectivity index (χ1) is 4.38. The van der Waals surface area contributed by atoms with Gasteiger partial charge in [-0.3, -0.25) is 0 Å². The summed E-state index contributed by atoms with van der Waals surface area (Å²) in [5.41, 5.74) is 0. The molecule has 1 N–H and O–H groups in total. The third-order valence-corrected chi connectivity index (χ3v) is 1.05. The van der Waals surface area contributed by atoms with Gasteiger partial charge in [0.15, 0.2) is 0 Å². The Balaban J connectivity index is 2.29. The smallest absolute Gasteiger partial charge is 0.148 e. The first-order valence-corrected chi connectivity index (χ1v) is 2.61. The van der Waals surface area contributed by atoms with Crippen molar-refractivity contribution in [3.05, 3.63) is 0 Å². The average molecular weight is 122 g/mol. The third kappa shape index (κ3) is 1.47. The van der Waals surface area contributed by atoms with Crippen LogP contribution in [0.25, 0.3) is 0 Å². The Labute approximate surface area is 53.8 Å². The minimum atomic E-state index is -0.119. The van der Waals surface area contributed by atoms with E-state index in [-0.39, 0.29) is 18.8 Å². The maximum Gasteiger partial charge on any atom is 0.148 e. The first-order valence-electron chi connectivity index (χ1n) is 2.61. The van der Waals surface area contributed by atoms with Gasteiger partial charge < -0.3 is 9.84 Å². The summed E-state index contributed by atoms with van der Waals surface area (Å²) in [4.78, 5) is 0. The molecule has 2 nitrogen and oxygen atoms in total. The number of aliphatic hydroxyl groups is 1. The largest absolute Gasteiger partial charge is 0.394 e. The molecular weight excluding hydrogens is 116 g/mol. The van der Waals surface area contributed by atoms with Crippen LogP contribution in [0.2, 0.25) is 0 Å². The fourth-order valence-electron chi connectivity index (χ4n) is 0.521. The van der Waals surface area contributed by atoms with Crippen LogP contribution in [0.3, 0.4) is 0 Å². The van der Waals surface area contributed by atoms with E-state index in [4.69, 9.17) is 16.3 Å². The lowest BCUT2D eigenvalue weighted by Gasteiger charge is -1.73. The quantitative estimate of drug-likeness (QED) is 0.371. The molecular formula is C7H6O2. The topological polar surface area (TPSA) is 32.8 Å². The zero-order valence-corrected chi connectivity index (χ0v) is 4.79. The van der Waals surface area contributed by atoms with Crippen LogP contribution in [0.5, 0.6) is 0 Å². The highest BCUT2D eigenvalue weighted by Crippen LogP contribution is 2.19. The minimum Gasteiger partial charge on any atom is -0.394 e. The Morgan fingerprint density at radius 2 is 2.44 bits per heavy atom. The van der Waals surface area contributed by atoms with Crippen molar-refractivity contribution in [2.24, 2.45) is 0 Å². The molecule has 0 amide bonds. The van der Waals surface area contributed by atoms with E-state index in [0.717, 1.165) is 0 Å². The molecule has 1 rings (SSSR count). The van der Waals surface area contributed by atoms with E-state index in [9.17, 15) is 0 Å². The zero-order valence-electron chi connectivity index (χ0n) is 4.79. The second-order valence-corrected chi connectivity index (χ2v) is 1.69. The summed E-state index contributed by atoms with van der Waals surface area (Å²) >= 11 is 0. The van der Waals surface area contributed by atoms with Gasteiger partial charge in [-0.25, -0.2) is 0 Å². The van der Waals surface area contributed by atoms with E-state index in [1.54, 1.807) is 0 Å². The molecule has 0 aromatic rings. The summed E-state index contributed by atoms with van der Waals surface area (Å²) in [6.07, 6.45) is 4.64.